The quantitative estimate of drug-likeness (QED) is 0.898. The number of amides is 1. The molecule has 4 rings (SSSR count). The molecule has 0 bridgehead atoms. The SMILES string of the molecule is CC(CN1CCOCC1)NC(=O)c1ccc2[nH]c3c(c2c1)CCCC3. The number of carbonyl (C=O) groups is 1. The van der Waals surface area contributed by atoms with Crippen LogP contribution in [0.4, 0.5) is 0 Å². The van der Waals surface area contributed by atoms with E-state index in [0.717, 1.165) is 56.8 Å². The third kappa shape index (κ3) is 3.58. The first-order chi connectivity index (χ1) is 12.2. The van der Waals surface area contributed by atoms with E-state index in [1.54, 1.807) is 0 Å². The molecule has 0 saturated carbocycles. The summed E-state index contributed by atoms with van der Waals surface area (Å²) in [4.78, 5) is 18.5. The van der Waals surface area contributed by atoms with Gasteiger partial charge >= 0.3 is 0 Å². The minimum atomic E-state index is 0.0217. The van der Waals surface area contributed by atoms with Crippen molar-refractivity contribution in [2.45, 2.75) is 38.6 Å². The second kappa shape index (κ2) is 7.18. The van der Waals surface area contributed by atoms with Crippen LogP contribution in [0.25, 0.3) is 10.9 Å². The summed E-state index contributed by atoms with van der Waals surface area (Å²) in [6, 6.07) is 6.17. The third-order valence-corrected chi connectivity index (χ3v) is 5.37. The van der Waals surface area contributed by atoms with Crippen molar-refractivity contribution in [2.24, 2.45) is 0 Å². The van der Waals surface area contributed by atoms with Gasteiger partial charge in [0.15, 0.2) is 0 Å². The molecule has 1 aromatic heterocycles. The number of aryl methyl sites for hydroxylation is 2. The molecule has 0 radical (unpaired) electrons. The molecule has 1 amide bonds. The van der Waals surface area contributed by atoms with Crippen LogP contribution in [0, 0.1) is 0 Å². The smallest absolute Gasteiger partial charge is 0.251 e. The molecule has 1 aromatic carbocycles. The van der Waals surface area contributed by atoms with Crippen LogP contribution < -0.4 is 5.32 Å². The van der Waals surface area contributed by atoms with Crippen molar-refractivity contribution in [3.8, 4) is 0 Å². The fourth-order valence-corrected chi connectivity index (χ4v) is 4.07. The van der Waals surface area contributed by atoms with E-state index in [1.807, 2.05) is 6.07 Å². The number of aromatic nitrogens is 1. The molecule has 1 aliphatic carbocycles. The van der Waals surface area contributed by atoms with Gasteiger partial charge in [0, 0.05) is 47.8 Å². The van der Waals surface area contributed by atoms with Crippen molar-refractivity contribution >= 4 is 16.8 Å². The maximum atomic E-state index is 12.7. The number of H-pyrrole nitrogens is 1. The zero-order valence-corrected chi connectivity index (χ0v) is 14.9. The van der Waals surface area contributed by atoms with Gasteiger partial charge in [0.05, 0.1) is 13.2 Å². The summed E-state index contributed by atoms with van der Waals surface area (Å²) in [5, 5.41) is 4.37. The summed E-state index contributed by atoms with van der Waals surface area (Å²) in [5.41, 5.74) is 4.69. The van der Waals surface area contributed by atoms with E-state index in [9.17, 15) is 4.79 Å². The van der Waals surface area contributed by atoms with E-state index < -0.39 is 0 Å². The average molecular weight is 341 g/mol. The highest BCUT2D eigenvalue weighted by molar-refractivity contribution is 5.99. The number of rotatable bonds is 4. The van der Waals surface area contributed by atoms with E-state index in [1.165, 1.54) is 29.5 Å². The van der Waals surface area contributed by atoms with E-state index in [4.69, 9.17) is 4.74 Å². The van der Waals surface area contributed by atoms with E-state index >= 15 is 0 Å². The number of fused-ring (bicyclic) bond motifs is 3. The molecule has 1 fully saturated rings. The third-order valence-electron chi connectivity index (χ3n) is 5.37. The van der Waals surface area contributed by atoms with Crippen LogP contribution in [0.1, 0.15) is 41.4 Å². The van der Waals surface area contributed by atoms with Crippen LogP contribution in [-0.2, 0) is 17.6 Å². The first-order valence-corrected chi connectivity index (χ1v) is 9.45. The van der Waals surface area contributed by atoms with E-state index in [0.29, 0.717) is 0 Å². The number of aromatic amines is 1. The highest BCUT2D eigenvalue weighted by Crippen LogP contribution is 2.29. The molecule has 5 heteroatoms. The Morgan fingerprint density at radius 2 is 2.08 bits per heavy atom. The van der Waals surface area contributed by atoms with Crippen molar-refractivity contribution in [3.63, 3.8) is 0 Å². The molecule has 1 saturated heterocycles. The number of carbonyl (C=O) groups excluding carboxylic acids is 1. The van der Waals surface area contributed by atoms with Gasteiger partial charge in [0.1, 0.15) is 0 Å². The van der Waals surface area contributed by atoms with Crippen molar-refractivity contribution in [3.05, 3.63) is 35.0 Å². The maximum absolute atomic E-state index is 12.7. The first kappa shape index (κ1) is 16.6. The minimum absolute atomic E-state index is 0.0217. The van der Waals surface area contributed by atoms with Gasteiger partial charge in [0.25, 0.3) is 5.91 Å². The fraction of sp³-hybridized carbons (Fsp3) is 0.550. The lowest BCUT2D eigenvalue weighted by Crippen LogP contribution is -2.46. The van der Waals surface area contributed by atoms with Crippen LogP contribution in [-0.4, -0.2) is 54.7 Å². The number of morpholine rings is 1. The van der Waals surface area contributed by atoms with Crippen molar-refractivity contribution in [1.29, 1.82) is 0 Å². The van der Waals surface area contributed by atoms with Gasteiger partial charge in [-0.05, 0) is 56.4 Å². The first-order valence-electron chi connectivity index (χ1n) is 9.45. The van der Waals surface area contributed by atoms with Gasteiger partial charge in [-0.1, -0.05) is 0 Å². The normalized spacial score (nSPS) is 19.6. The van der Waals surface area contributed by atoms with Crippen molar-refractivity contribution < 1.29 is 9.53 Å². The Morgan fingerprint density at radius 1 is 1.28 bits per heavy atom. The number of hydrogen-bond acceptors (Lipinski definition) is 3. The molecule has 1 atom stereocenters. The summed E-state index contributed by atoms with van der Waals surface area (Å²) in [5.74, 6) is 0.0217. The molecule has 1 aliphatic heterocycles. The van der Waals surface area contributed by atoms with Gasteiger partial charge < -0.3 is 15.0 Å². The molecule has 2 aromatic rings. The van der Waals surface area contributed by atoms with Gasteiger partial charge in [-0.15, -0.1) is 0 Å². The highest BCUT2D eigenvalue weighted by atomic mass is 16.5. The monoisotopic (exact) mass is 341 g/mol. The lowest BCUT2D eigenvalue weighted by molar-refractivity contribution is 0.0342. The Hall–Kier alpha value is -1.85. The number of benzene rings is 1. The van der Waals surface area contributed by atoms with Gasteiger partial charge in [-0.2, -0.15) is 0 Å². The van der Waals surface area contributed by atoms with Crippen molar-refractivity contribution in [1.82, 2.24) is 15.2 Å². The molecular weight excluding hydrogens is 314 g/mol. The topological polar surface area (TPSA) is 57.4 Å². The second-order valence-electron chi connectivity index (χ2n) is 7.34. The molecule has 25 heavy (non-hydrogen) atoms. The van der Waals surface area contributed by atoms with Crippen LogP contribution in [0.15, 0.2) is 18.2 Å². The van der Waals surface area contributed by atoms with Crippen molar-refractivity contribution in [2.75, 3.05) is 32.8 Å². The molecule has 1 unspecified atom stereocenters. The van der Waals surface area contributed by atoms with Crippen LogP contribution in [0.3, 0.4) is 0 Å². The zero-order chi connectivity index (χ0) is 17.2. The summed E-state index contributed by atoms with van der Waals surface area (Å²) >= 11 is 0. The van der Waals surface area contributed by atoms with Crippen LogP contribution in [0.5, 0.6) is 0 Å². The molecule has 5 nitrogen and oxygen atoms in total. The Bertz CT molecular complexity index is 762. The predicted molar refractivity (Wildman–Crippen MR) is 99.1 cm³/mol. The van der Waals surface area contributed by atoms with E-state index in [2.05, 4.69) is 34.3 Å². The minimum Gasteiger partial charge on any atom is -0.379 e. The molecule has 2 aliphatic rings. The molecule has 2 N–H and O–H groups in total. The standard InChI is InChI=1S/C20H27N3O2/c1-14(13-23-8-10-25-11-9-23)21-20(24)15-6-7-19-17(12-15)16-4-2-3-5-18(16)22-19/h6-7,12,14,22H,2-5,8-11,13H2,1H3,(H,21,24). The predicted octanol–water partition coefficient (Wildman–Crippen LogP) is 2.50. The Kier molecular flexibility index (Phi) is 4.77. The summed E-state index contributed by atoms with van der Waals surface area (Å²) < 4.78 is 5.38. The van der Waals surface area contributed by atoms with Crippen LogP contribution in [0.2, 0.25) is 0 Å². The molecule has 0 spiro atoms. The Balaban J connectivity index is 1.46. The summed E-state index contributed by atoms with van der Waals surface area (Å²) in [6.45, 7) is 6.41. The maximum Gasteiger partial charge on any atom is 0.251 e. The molecule has 2 heterocycles. The molecule has 134 valence electrons. The second-order valence-corrected chi connectivity index (χ2v) is 7.34. The number of nitrogens with zero attached hydrogens (tertiary/aromatic N) is 1. The van der Waals surface area contributed by atoms with Gasteiger partial charge in [0.2, 0.25) is 0 Å². The number of nitrogens with one attached hydrogen (secondary N) is 2. The van der Waals surface area contributed by atoms with Gasteiger partial charge in [-0.3, -0.25) is 9.69 Å². The largest absolute Gasteiger partial charge is 0.379 e. The summed E-state index contributed by atoms with van der Waals surface area (Å²) in [7, 11) is 0. The Labute approximate surface area is 148 Å². The van der Waals surface area contributed by atoms with Crippen LogP contribution >= 0.6 is 0 Å². The Morgan fingerprint density at radius 3 is 2.92 bits per heavy atom. The van der Waals surface area contributed by atoms with E-state index in [-0.39, 0.29) is 11.9 Å². The zero-order valence-electron chi connectivity index (χ0n) is 14.9. The highest BCUT2D eigenvalue weighted by Gasteiger charge is 2.19. The lowest BCUT2D eigenvalue weighted by Gasteiger charge is -2.29. The number of ether oxygens (including phenoxy) is 1. The lowest BCUT2D eigenvalue weighted by atomic mass is 9.95. The molecular formula is C20H27N3O2. The number of hydrogen-bond donors (Lipinski definition) is 2. The average Bonchev–Trinajstić information content (AvgIpc) is 3.00. The fourth-order valence-electron chi connectivity index (χ4n) is 4.07. The van der Waals surface area contributed by atoms with Gasteiger partial charge in [-0.25, -0.2) is 0 Å². The summed E-state index contributed by atoms with van der Waals surface area (Å²) in [6.07, 6.45) is 4.75.